The number of rotatable bonds is 2. The van der Waals surface area contributed by atoms with E-state index in [2.05, 4.69) is 0 Å². The van der Waals surface area contributed by atoms with Crippen LogP contribution in [0.2, 0.25) is 5.28 Å². The van der Waals surface area contributed by atoms with Gasteiger partial charge in [-0.05, 0) is 0 Å². The summed E-state index contributed by atoms with van der Waals surface area (Å²) in [6.07, 6.45) is 0. The second-order valence-corrected chi connectivity index (χ2v) is 2.56. The highest BCUT2D eigenvalue weighted by Crippen LogP contribution is 1.97. The fourth-order valence-electron chi connectivity index (χ4n) is 0.178. The number of hydrogen-bond donors (Lipinski definition) is 0. The fourth-order valence-corrected chi connectivity index (χ4v) is 0.535. The summed E-state index contributed by atoms with van der Waals surface area (Å²) in [6.45, 7) is 4.07. The quantitative estimate of drug-likeness (QED) is 0.466. The molecule has 2 heteroatoms. The Morgan fingerprint density at radius 1 is 1.67 bits per heavy atom. The molecular weight excluding hydrogens is 94.0 g/mol. The monoisotopic (exact) mass is 103 g/mol. The van der Waals surface area contributed by atoms with E-state index in [4.69, 9.17) is 0 Å². The van der Waals surface area contributed by atoms with Crippen LogP contribution in [0.15, 0.2) is 0 Å². The molecule has 0 aliphatic rings. The van der Waals surface area contributed by atoms with E-state index in [-0.39, 0.29) is 0 Å². The Labute approximate surface area is 44.9 Å². The van der Waals surface area contributed by atoms with Crippen LogP contribution in [0, 0.1) is 5.92 Å². The molecule has 0 atom stereocenters. The Bertz CT molecular complexity index is 28.7. The van der Waals surface area contributed by atoms with Crippen molar-refractivity contribution in [2.75, 3.05) is 0 Å². The van der Waals surface area contributed by atoms with Crippen molar-refractivity contribution in [1.82, 2.24) is 0 Å². The van der Waals surface area contributed by atoms with Gasteiger partial charge in [0, 0.05) is 0 Å². The summed E-state index contributed by atoms with van der Waals surface area (Å²) >= 11 is -0.748. The van der Waals surface area contributed by atoms with Gasteiger partial charge in [0.25, 0.3) is 0 Å². The van der Waals surface area contributed by atoms with Crippen molar-refractivity contribution < 1.29 is 3.52 Å². The van der Waals surface area contributed by atoms with E-state index in [9.17, 15) is 3.52 Å². The molecule has 0 rings (SSSR count). The molecule has 0 aliphatic carbocycles. The minimum absolute atomic E-state index is 0.560. The predicted octanol–water partition coefficient (Wildman–Crippen LogP) is 1.65. The van der Waals surface area contributed by atoms with E-state index < -0.39 is 15.7 Å². The van der Waals surface area contributed by atoms with Gasteiger partial charge in [0.15, 0.2) is 0 Å². The van der Waals surface area contributed by atoms with Gasteiger partial charge < -0.3 is 3.52 Å². The summed E-state index contributed by atoms with van der Waals surface area (Å²) in [5.41, 5.74) is 0. The van der Waals surface area contributed by atoms with Gasteiger partial charge in [-0.25, -0.2) is 0 Å². The summed E-state index contributed by atoms with van der Waals surface area (Å²) in [5.74, 6) is 0.560. The van der Waals surface area contributed by atoms with E-state index >= 15 is 0 Å². The maximum atomic E-state index is 11.3. The molecule has 0 saturated carbocycles. The Morgan fingerprint density at radius 3 is 2.17 bits per heavy atom. The smallest absolute Gasteiger partial charge is 0.432 e. The molecule has 0 aromatic carbocycles. The van der Waals surface area contributed by atoms with Crippen molar-refractivity contribution in [1.29, 1.82) is 0 Å². The van der Waals surface area contributed by atoms with E-state index in [1.165, 1.54) is 0 Å². The molecule has 0 aliphatic heterocycles. The van der Waals surface area contributed by atoms with Crippen LogP contribution >= 0.6 is 0 Å². The van der Waals surface area contributed by atoms with Gasteiger partial charge in [0.1, 0.15) is 0 Å². The highest BCUT2D eigenvalue weighted by Gasteiger charge is 1.93. The third kappa shape index (κ3) is 4.46. The molecule has 0 spiro atoms. The highest BCUT2D eigenvalue weighted by molar-refractivity contribution is 6.26. The van der Waals surface area contributed by atoms with E-state index in [0.29, 0.717) is 5.92 Å². The van der Waals surface area contributed by atoms with Crippen molar-refractivity contribution in [3.05, 3.63) is 0 Å². The van der Waals surface area contributed by atoms with Gasteiger partial charge in [-0.3, -0.25) is 0 Å². The summed E-state index contributed by atoms with van der Waals surface area (Å²) in [6, 6.07) is 0. The van der Waals surface area contributed by atoms with Gasteiger partial charge in [0.05, 0.1) is 0 Å². The van der Waals surface area contributed by atoms with Crippen LogP contribution < -0.4 is 0 Å². The van der Waals surface area contributed by atoms with E-state index in [1.807, 2.05) is 13.8 Å². The SMILES string of the molecule is CC(C)[CH2][Al][F]. The van der Waals surface area contributed by atoms with Crippen molar-refractivity contribution in [3.8, 4) is 0 Å². The zero-order valence-corrected chi connectivity index (χ0v) is 5.39. The second-order valence-electron chi connectivity index (χ2n) is 1.78. The van der Waals surface area contributed by atoms with Gasteiger partial charge in [-0.15, -0.1) is 0 Å². The summed E-state index contributed by atoms with van der Waals surface area (Å²) in [4.78, 5) is 0. The predicted molar refractivity (Wildman–Crippen MR) is 26.5 cm³/mol. The van der Waals surface area contributed by atoms with Crippen LogP contribution in [0.3, 0.4) is 0 Å². The Hall–Kier alpha value is 0.462. The highest BCUT2D eigenvalue weighted by atomic mass is 27.2. The molecular formula is C4H9AlF. The van der Waals surface area contributed by atoms with Crippen LogP contribution in [-0.4, -0.2) is 15.7 Å². The van der Waals surface area contributed by atoms with E-state index in [0.717, 1.165) is 5.28 Å². The molecule has 0 aromatic heterocycles. The van der Waals surface area contributed by atoms with Gasteiger partial charge >= 0.3 is 15.7 Å². The van der Waals surface area contributed by atoms with Crippen molar-refractivity contribution >= 4 is 15.7 Å². The minimum Gasteiger partial charge on any atom is -0.432 e. The minimum atomic E-state index is -0.748. The van der Waals surface area contributed by atoms with Crippen molar-refractivity contribution in [2.45, 2.75) is 19.1 Å². The molecule has 0 unspecified atom stereocenters. The first-order valence-corrected chi connectivity index (χ1v) is 3.44. The molecule has 0 N–H and O–H groups in total. The molecule has 0 aromatic rings. The standard InChI is InChI=1S/C4H9.Al.FH/c1-4(2)3;;/h4H,1H2,2-3H3;;1H/q;+1;/p-1. The van der Waals surface area contributed by atoms with Gasteiger partial charge in [-0.2, -0.15) is 0 Å². The summed E-state index contributed by atoms with van der Waals surface area (Å²) in [5, 5.41) is 0.792. The first-order chi connectivity index (χ1) is 2.77. The molecule has 6 heavy (non-hydrogen) atoms. The first kappa shape index (κ1) is 6.46. The first-order valence-electron chi connectivity index (χ1n) is 2.19. The molecule has 35 valence electrons. The third-order valence-corrected chi connectivity index (χ3v) is 1.68. The Kier molecular flexibility index (Phi) is 3.93. The largest absolute Gasteiger partial charge is 0.490 e. The molecule has 0 amide bonds. The molecule has 0 nitrogen and oxygen atoms in total. The lowest BCUT2D eigenvalue weighted by Crippen LogP contribution is -1.87. The lowest BCUT2D eigenvalue weighted by molar-refractivity contribution is 0.702. The van der Waals surface area contributed by atoms with Gasteiger partial charge in [-0.1, -0.05) is 25.0 Å². The van der Waals surface area contributed by atoms with Crippen LogP contribution in [0.5, 0.6) is 0 Å². The number of halogens is 1. The average Bonchev–Trinajstić information content (AvgIpc) is 1.35. The van der Waals surface area contributed by atoms with Crippen LogP contribution in [-0.2, 0) is 0 Å². The molecule has 0 saturated heterocycles. The van der Waals surface area contributed by atoms with Gasteiger partial charge in [0.2, 0.25) is 0 Å². The zero-order chi connectivity index (χ0) is 4.99. The lowest BCUT2D eigenvalue weighted by atomic mass is 10.3. The Morgan fingerprint density at radius 2 is 2.17 bits per heavy atom. The zero-order valence-electron chi connectivity index (χ0n) is 4.24. The average molecular weight is 103 g/mol. The van der Waals surface area contributed by atoms with Crippen LogP contribution in [0.4, 0.5) is 3.52 Å². The Balaban J connectivity index is 2.63. The molecule has 0 bridgehead atoms. The van der Waals surface area contributed by atoms with Crippen LogP contribution in [0.1, 0.15) is 13.8 Å². The molecule has 0 heterocycles. The summed E-state index contributed by atoms with van der Waals surface area (Å²) in [7, 11) is 0. The second kappa shape index (κ2) is 3.65. The van der Waals surface area contributed by atoms with Crippen molar-refractivity contribution in [3.63, 3.8) is 0 Å². The lowest BCUT2D eigenvalue weighted by Gasteiger charge is -1.92. The normalized spacial score (nSPS) is 9.33. The topological polar surface area (TPSA) is 0 Å². The molecule has 0 fully saturated rings. The maximum absolute atomic E-state index is 11.3. The number of hydrogen-bond acceptors (Lipinski definition) is 0. The third-order valence-electron chi connectivity index (χ3n) is 0.560. The van der Waals surface area contributed by atoms with E-state index in [1.54, 1.807) is 0 Å². The maximum Gasteiger partial charge on any atom is 0.490 e. The van der Waals surface area contributed by atoms with Crippen molar-refractivity contribution in [2.24, 2.45) is 5.92 Å². The summed E-state index contributed by atoms with van der Waals surface area (Å²) < 4.78 is 11.3. The fraction of sp³-hybridized carbons (Fsp3) is 1.00. The molecule has 1 radical (unpaired) electrons. The van der Waals surface area contributed by atoms with Crippen LogP contribution in [0.25, 0.3) is 0 Å².